The molecule has 0 amide bonds. The zero-order chi connectivity index (χ0) is 11.8. The lowest BCUT2D eigenvalue weighted by atomic mass is 10.0. The number of nitrogens with one attached hydrogen (secondary N) is 1. The third-order valence-corrected chi connectivity index (χ3v) is 4.88. The fraction of sp³-hybridized carbons (Fsp3) is 0.538. The van der Waals surface area contributed by atoms with Gasteiger partial charge in [0.2, 0.25) is 0 Å². The highest BCUT2D eigenvalue weighted by Crippen LogP contribution is 2.29. The van der Waals surface area contributed by atoms with Crippen LogP contribution in [0.2, 0.25) is 5.02 Å². The van der Waals surface area contributed by atoms with E-state index in [2.05, 4.69) is 32.2 Å². The molecule has 1 aromatic carbocycles. The smallest absolute Gasteiger partial charge is 0.0410 e. The number of hydrogen-bond acceptors (Lipinski definition) is 2. The SMILES string of the molecule is Clc1ccc(Br)c(CN2C[C@H]3CNC[C@H]3C2)c1. The van der Waals surface area contributed by atoms with Gasteiger partial charge in [0.1, 0.15) is 0 Å². The van der Waals surface area contributed by atoms with E-state index in [0.717, 1.165) is 27.9 Å². The minimum atomic E-state index is 0.823. The molecule has 2 saturated heterocycles. The normalized spacial score (nSPS) is 28.6. The molecule has 2 atom stereocenters. The molecule has 0 saturated carbocycles. The molecule has 2 nitrogen and oxygen atoms in total. The summed E-state index contributed by atoms with van der Waals surface area (Å²) in [5.41, 5.74) is 1.30. The van der Waals surface area contributed by atoms with Gasteiger partial charge in [0.25, 0.3) is 0 Å². The molecule has 2 aliphatic rings. The first-order valence-corrected chi connectivity index (χ1v) is 7.26. The van der Waals surface area contributed by atoms with E-state index in [1.165, 1.54) is 31.7 Å². The lowest BCUT2D eigenvalue weighted by molar-refractivity contribution is 0.305. The minimum absolute atomic E-state index is 0.823. The Hall–Kier alpha value is -0.0900. The molecule has 92 valence electrons. The molecule has 2 heterocycles. The maximum Gasteiger partial charge on any atom is 0.0410 e. The van der Waals surface area contributed by atoms with Crippen LogP contribution in [-0.4, -0.2) is 31.1 Å². The maximum absolute atomic E-state index is 6.05. The monoisotopic (exact) mass is 314 g/mol. The summed E-state index contributed by atoms with van der Waals surface area (Å²) in [4.78, 5) is 2.55. The Morgan fingerprint density at radius 3 is 2.71 bits per heavy atom. The van der Waals surface area contributed by atoms with Crippen molar-refractivity contribution in [2.24, 2.45) is 11.8 Å². The van der Waals surface area contributed by atoms with Crippen LogP contribution < -0.4 is 5.32 Å². The van der Waals surface area contributed by atoms with Crippen LogP contribution in [0.3, 0.4) is 0 Å². The van der Waals surface area contributed by atoms with Crippen LogP contribution in [0, 0.1) is 11.8 Å². The highest BCUT2D eigenvalue weighted by atomic mass is 79.9. The lowest BCUT2D eigenvalue weighted by Gasteiger charge is -2.18. The zero-order valence-electron chi connectivity index (χ0n) is 9.63. The van der Waals surface area contributed by atoms with Gasteiger partial charge in [-0.3, -0.25) is 4.90 Å². The Labute approximate surface area is 115 Å². The van der Waals surface area contributed by atoms with Crippen LogP contribution in [0.5, 0.6) is 0 Å². The van der Waals surface area contributed by atoms with Crippen LogP contribution in [-0.2, 0) is 6.54 Å². The predicted octanol–water partition coefficient (Wildman–Crippen LogP) is 2.75. The fourth-order valence-corrected chi connectivity index (χ4v) is 3.55. The molecular formula is C13H16BrClN2. The van der Waals surface area contributed by atoms with Gasteiger partial charge in [-0.1, -0.05) is 27.5 Å². The molecule has 0 unspecified atom stereocenters. The number of halogens is 2. The summed E-state index contributed by atoms with van der Waals surface area (Å²) in [6.45, 7) is 5.83. The van der Waals surface area contributed by atoms with E-state index in [4.69, 9.17) is 11.6 Å². The van der Waals surface area contributed by atoms with Crippen LogP contribution in [0.15, 0.2) is 22.7 Å². The van der Waals surface area contributed by atoms with Crippen LogP contribution in [0.25, 0.3) is 0 Å². The topological polar surface area (TPSA) is 15.3 Å². The third-order valence-electron chi connectivity index (χ3n) is 3.87. The van der Waals surface area contributed by atoms with Gasteiger partial charge < -0.3 is 5.32 Å². The second-order valence-corrected chi connectivity index (χ2v) is 6.40. The molecule has 3 rings (SSSR count). The van der Waals surface area contributed by atoms with Gasteiger partial charge in [-0.15, -0.1) is 0 Å². The first-order chi connectivity index (χ1) is 8.22. The predicted molar refractivity (Wildman–Crippen MR) is 74.3 cm³/mol. The van der Waals surface area contributed by atoms with Gasteiger partial charge >= 0.3 is 0 Å². The van der Waals surface area contributed by atoms with E-state index in [1.54, 1.807) is 0 Å². The Morgan fingerprint density at radius 1 is 1.29 bits per heavy atom. The Kier molecular flexibility index (Phi) is 3.44. The van der Waals surface area contributed by atoms with Crippen molar-refractivity contribution in [3.05, 3.63) is 33.3 Å². The highest BCUT2D eigenvalue weighted by molar-refractivity contribution is 9.10. The molecule has 0 radical (unpaired) electrons. The van der Waals surface area contributed by atoms with Crippen LogP contribution >= 0.6 is 27.5 Å². The highest BCUT2D eigenvalue weighted by Gasteiger charge is 2.35. The van der Waals surface area contributed by atoms with Crippen molar-refractivity contribution in [2.75, 3.05) is 26.2 Å². The number of hydrogen-bond donors (Lipinski definition) is 1. The van der Waals surface area contributed by atoms with Crippen molar-refractivity contribution < 1.29 is 0 Å². The molecule has 0 aliphatic carbocycles. The first-order valence-electron chi connectivity index (χ1n) is 6.09. The molecule has 0 bridgehead atoms. The average molecular weight is 316 g/mol. The van der Waals surface area contributed by atoms with Crippen molar-refractivity contribution in [3.8, 4) is 0 Å². The molecule has 0 aromatic heterocycles. The molecule has 1 aromatic rings. The minimum Gasteiger partial charge on any atom is -0.316 e. The number of nitrogens with zero attached hydrogens (tertiary/aromatic N) is 1. The molecule has 17 heavy (non-hydrogen) atoms. The van der Waals surface area contributed by atoms with Gasteiger partial charge in [-0.25, -0.2) is 0 Å². The van der Waals surface area contributed by atoms with Crippen molar-refractivity contribution in [1.82, 2.24) is 10.2 Å². The molecule has 1 N–H and O–H groups in total. The Bertz CT molecular complexity index is 412. The van der Waals surface area contributed by atoms with Gasteiger partial charge in [-0.2, -0.15) is 0 Å². The molecule has 4 heteroatoms. The van der Waals surface area contributed by atoms with E-state index in [9.17, 15) is 0 Å². The van der Waals surface area contributed by atoms with Gasteiger partial charge in [0, 0.05) is 29.1 Å². The zero-order valence-corrected chi connectivity index (χ0v) is 12.0. The number of benzene rings is 1. The van der Waals surface area contributed by atoms with E-state index in [0.29, 0.717) is 0 Å². The van der Waals surface area contributed by atoms with Crippen molar-refractivity contribution in [3.63, 3.8) is 0 Å². The Balaban J connectivity index is 1.69. The van der Waals surface area contributed by atoms with E-state index >= 15 is 0 Å². The maximum atomic E-state index is 6.05. The largest absolute Gasteiger partial charge is 0.316 e. The third kappa shape index (κ3) is 2.53. The second kappa shape index (κ2) is 4.88. The Morgan fingerprint density at radius 2 is 2.00 bits per heavy atom. The molecule has 2 fully saturated rings. The quantitative estimate of drug-likeness (QED) is 0.903. The number of likely N-dealkylation sites (tertiary alicyclic amines) is 1. The van der Waals surface area contributed by atoms with Crippen molar-refractivity contribution >= 4 is 27.5 Å². The summed E-state index contributed by atoms with van der Waals surface area (Å²) < 4.78 is 1.16. The van der Waals surface area contributed by atoms with E-state index in [1.807, 2.05) is 12.1 Å². The van der Waals surface area contributed by atoms with Gasteiger partial charge in [0.15, 0.2) is 0 Å². The molecule has 0 spiro atoms. The van der Waals surface area contributed by atoms with Crippen molar-refractivity contribution in [1.29, 1.82) is 0 Å². The summed E-state index contributed by atoms with van der Waals surface area (Å²) in [5.74, 6) is 1.71. The number of rotatable bonds is 2. The van der Waals surface area contributed by atoms with Crippen LogP contribution in [0.4, 0.5) is 0 Å². The lowest BCUT2D eigenvalue weighted by Crippen LogP contribution is -2.25. The van der Waals surface area contributed by atoms with E-state index in [-0.39, 0.29) is 0 Å². The summed E-state index contributed by atoms with van der Waals surface area (Å²) in [5, 5.41) is 4.30. The van der Waals surface area contributed by atoms with Gasteiger partial charge in [0.05, 0.1) is 0 Å². The standard InChI is InChI=1S/C13H16BrClN2/c14-13-2-1-12(15)3-9(13)6-17-7-10-4-16-5-11(10)8-17/h1-3,10-11,16H,4-8H2/t10-,11+. The summed E-state index contributed by atoms with van der Waals surface area (Å²) in [6.07, 6.45) is 0. The molecule has 2 aliphatic heterocycles. The first kappa shape index (κ1) is 12.0. The molecular weight excluding hydrogens is 300 g/mol. The fourth-order valence-electron chi connectivity index (χ4n) is 2.99. The van der Waals surface area contributed by atoms with Crippen molar-refractivity contribution in [2.45, 2.75) is 6.54 Å². The summed E-state index contributed by atoms with van der Waals surface area (Å²) in [7, 11) is 0. The van der Waals surface area contributed by atoms with Gasteiger partial charge in [-0.05, 0) is 48.7 Å². The van der Waals surface area contributed by atoms with Crippen LogP contribution in [0.1, 0.15) is 5.56 Å². The summed E-state index contributed by atoms with van der Waals surface area (Å²) in [6, 6.07) is 6.03. The number of fused-ring (bicyclic) bond motifs is 1. The second-order valence-electron chi connectivity index (χ2n) is 5.11. The summed E-state index contributed by atoms with van der Waals surface area (Å²) >= 11 is 9.65. The average Bonchev–Trinajstić information content (AvgIpc) is 2.83. The van der Waals surface area contributed by atoms with E-state index < -0.39 is 0 Å².